The molecule has 0 bridgehead atoms. The second-order valence-corrected chi connectivity index (χ2v) is 8.06. The summed E-state index contributed by atoms with van der Waals surface area (Å²) in [6.45, 7) is 9.29. The van der Waals surface area contributed by atoms with Crippen molar-refractivity contribution in [3.05, 3.63) is 59.9 Å². The summed E-state index contributed by atoms with van der Waals surface area (Å²) < 4.78 is 11.2. The Morgan fingerprint density at radius 1 is 1.17 bits per heavy atom. The maximum atomic E-state index is 12.6. The zero-order chi connectivity index (χ0) is 21.3. The molecular weight excluding hydrogens is 378 g/mol. The molecule has 0 unspecified atom stereocenters. The number of benzene rings is 1. The molecule has 6 nitrogen and oxygen atoms in total. The number of pyridine rings is 1. The second-order valence-electron chi connectivity index (χ2n) is 8.06. The van der Waals surface area contributed by atoms with Crippen molar-refractivity contribution >= 4 is 12.0 Å². The molecule has 0 spiro atoms. The molecule has 0 atom stereocenters. The summed E-state index contributed by atoms with van der Waals surface area (Å²) in [5, 5.41) is 0. The van der Waals surface area contributed by atoms with Gasteiger partial charge in [-0.2, -0.15) is 0 Å². The van der Waals surface area contributed by atoms with Crippen LogP contribution in [0.2, 0.25) is 0 Å². The van der Waals surface area contributed by atoms with E-state index in [-0.39, 0.29) is 5.91 Å². The van der Waals surface area contributed by atoms with Crippen LogP contribution in [0.15, 0.2) is 48.8 Å². The Hall–Kier alpha value is -2.86. The van der Waals surface area contributed by atoms with Crippen molar-refractivity contribution < 1.29 is 19.2 Å². The number of carbonyl (C=O) groups excluding carboxylic acids is 1. The lowest BCUT2D eigenvalue weighted by Gasteiger charge is -2.31. The number of quaternary nitrogens is 1. The molecule has 1 fully saturated rings. The summed E-state index contributed by atoms with van der Waals surface area (Å²) in [5.74, 6) is 1.90. The third-order valence-electron chi connectivity index (χ3n) is 5.16. The fourth-order valence-corrected chi connectivity index (χ4v) is 3.45. The summed E-state index contributed by atoms with van der Waals surface area (Å²) in [4.78, 5) is 20.1. The van der Waals surface area contributed by atoms with Gasteiger partial charge in [0.2, 0.25) is 5.91 Å². The molecule has 1 aliphatic rings. The normalized spacial score (nSPS) is 15.0. The summed E-state index contributed by atoms with van der Waals surface area (Å²) in [5.41, 5.74) is 2.20. The standard InChI is InChI=1S/C24H31N3O3/c1-19(2)18-30-22-6-4-20(16-23(22)29-3)5-7-24(28)27-14-12-26(13-15-27)17-21-8-10-25-11-9-21/h4-11,16,19H,12-15,17-18H2,1-3H3/p+1/b7-5+. The minimum atomic E-state index is 0.0528. The van der Waals surface area contributed by atoms with Crippen molar-refractivity contribution in [3.8, 4) is 11.5 Å². The molecule has 160 valence electrons. The zero-order valence-corrected chi connectivity index (χ0v) is 18.1. The maximum Gasteiger partial charge on any atom is 0.246 e. The first-order valence-corrected chi connectivity index (χ1v) is 10.6. The molecule has 1 aliphatic heterocycles. The van der Waals surface area contributed by atoms with Crippen molar-refractivity contribution in [1.29, 1.82) is 0 Å². The number of methoxy groups -OCH3 is 1. The smallest absolute Gasteiger partial charge is 0.246 e. The molecule has 2 aromatic rings. The molecule has 1 amide bonds. The minimum absolute atomic E-state index is 0.0528. The molecule has 1 aromatic heterocycles. The van der Waals surface area contributed by atoms with Gasteiger partial charge in [-0.05, 0) is 41.8 Å². The summed E-state index contributed by atoms with van der Waals surface area (Å²) in [6, 6.07) is 9.85. The van der Waals surface area contributed by atoms with Crippen LogP contribution in [-0.4, -0.2) is 55.7 Å². The van der Waals surface area contributed by atoms with E-state index in [2.05, 4.69) is 31.0 Å². The van der Waals surface area contributed by atoms with E-state index in [4.69, 9.17) is 9.47 Å². The Kier molecular flexibility index (Phi) is 7.85. The first-order valence-electron chi connectivity index (χ1n) is 10.6. The highest BCUT2D eigenvalue weighted by atomic mass is 16.5. The highest BCUT2D eigenvalue weighted by Gasteiger charge is 2.22. The van der Waals surface area contributed by atoms with Crippen LogP contribution in [0.5, 0.6) is 11.5 Å². The van der Waals surface area contributed by atoms with Crippen LogP contribution in [0.25, 0.3) is 6.08 Å². The lowest BCUT2D eigenvalue weighted by atomic mass is 10.1. The number of rotatable bonds is 8. The average Bonchev–Trinajstić information content (AvgIpc) is 2.77. The van der Waals surface area contributed by atoms with E-state index in [0.717, 1.165) is 44.0 Å². The summed E-state index contributed by atoms with van der Waals surface area (Å²) in [7, 11) is 1.63. The Morgan fingerprint density at radius 3 is 2.57 bits per heavy atom. The predicted octanol–water partition coefficient (Wildman–Crippen LogP) is 2.07. The fraction of sp³-hybridized carbons (Fsp3) is 0.417. The quantitative estimate of drug-likeness (QED) is 0.677. The Bertz CT molecular complexity index is 844. The lowest BCUT2D eigenvalue weighted by Crippen LogP contribution is -3.13. The van der Waals surface area contributed by atoms with Gasteiger partial charge in [-0.1, -0.05) is 19.9 Å². The van der Waals surface area contributed by atoms with Crippen molar-refractivity contribution in [3.63, 3.8) is 0 Å². The van der Waals surface area contributed by atoms with Crippen molar-refractivity contribution in [2.45, 2.75) is 20.4 Å². The fourth-order valence-electron chi connectivity index (χ4n) is 3.45. The number of carbonyl (C=O) groups is 1. The van der Waals surface area contributed by atoms with Gasteiger partial charge in [0.1, 0.15) is 6.54 Å². The van der Waals surface area contributed by atoms with E-state index in [0.29, 0.717) is 18.3 Å². The van der Waals surface area contributed by atoms with Crippen LogP contribution >= 0.6 is 0 Å². The number of nitrogens with one attached hydrogen (secondary N) is 1. The van der Waals surface area contributed by atoms with Gasteiger partial charge in [0.05, 0.1) is 39.9 Å². The number of nitrogens with zero attached hydrogens (tertiary/aromatic N) is 2. The largest absolute Gasteiger partial charge is 0.493 e. The topological polar surface area (TPSA) is 56.1 Å². The van der Waals surface area contributed by atoms with E-state index in [1.807, 2.05) is 41.6 Å². The molecule has 3 rings (SSSR count). The van der Waals surface area contributed by atoms with Crippen LogP contribution < -0.4 is 14.4 Å². The number of ether oxygens (including phenoxy) is 2. The molecule has 0 aliphatic carbocycles. The van der Waals surface area contributed by atoms with Gasteiger partial charge in [-0.3, -0.25) is 9.78 Å². The van der Waals surface area contributed by atoms with Gasteiger partial charge in [-0.15, -0.1) is 0 Å². The van der Waals surface area contributed by atoms with Crippen LogP contribution in [0.4, 0.5) is 0 Å². The molecule has 30 heavy (non-hydrogen) atoms. The molecule has 1 saturated heterocycles. The van der Waals surface area contributed by atoms with Crippen LogP contribution in [0, 0.1) is 5.92 Å². The average molecular weight is 411 g/mol. The third-order valence-corrected chi connectivity index (χ3v) is 5.16. The predicted molar refractivity (Wildman–Crippen MR) is 118 cm³/mol. The first-order chi connectivity index (χ1) is 14.5. The highest BCUT2D eigenvalue weighted by Crippen LogP contribution is 2.29. The lowest BCUT2D eigenvalue weighted by molar-refractivity contribution is -0.917. The minimum Gasteiger partial charge on any atom is -0.493 e. The first kappa shape index (κ1) is 21.8. The van der Waals surface area contributed by atoms with Gasteiger partial charge in [0.25, 0.3) is 0 Å². The Balaban J connectivity index is 1.52. The molecule has 1 N–H and O–H groups in total. The van der Waals surface area contributed by atoms with Gasteiger partial charge in [0.15, 0.2) is 11.5 Å². The van der Waals surface area contributed by atoms with Crippen molar-refractivity contribution in [2.75, 3.05) is 39.9 Å². The van der Waals surface area contributed by atoms with Gasteiger partial charge in [-0.25, -0.2) is 0 Å². The monoisotopic (exact) mass is 410 g/mol. The second kappa shape index (κ2) is 10.8. The highest BCUT2D eigenvalue weighted by molar-refractivity contribution is 5.91. The van der Waals surface area contributed by atoms with Crippen LogP contribution in [0.3, 0.4) is 0 Å². The molecule has 1 aromatic carbocycles. The summed E-state index contributed by atoms with van der Waals surface area (Å²) in [6.07, 6.45) is 7.15. The van der Waals surface area contributed by atoms with E-state index in [1.165, 1.54) is 10.5 Å². The van der Waals surface area contributed by atoms with E-state index < -0.39 is 0 Å². The number of hydrogen-bond acceptors (Lipinski definition) is 4. The van der Waals surface area contributed by atoms with Crippen molar-refractivity contribution in [1.82, 2.24) is 9.88 Å². The SMILES string of the molecule is COc1cc(/C=C/C(=O)N2CC[NH+](Cc3ccncc3)CC2)ccc1OCC(C)C. The van der Waals surface area contributed by atoms with E-state index >= 15 is 0 Å². The van der Waals surface area contributed by atoms with Crippen molar-refractivity contribution in [2.24, 2.45) is 5.92 Å². The maximum absolute atomic E-state index is 12.6. The Labute approximate surface area is 179 Å². The summed E-state index contributed by atoms with van der Waals surface area (Å²) >= 11 is 0. The molecule has 0 radical (unpaired) electrons. The number of aromatic nitrogens is 1. The van der Waals surface area contributed by atoms with E-state index in [9.17, 15) is 4.79 Å². The van der Waals surface area contributed by atoms with Gasteiger partial charge in [0, 0.05) is 24.0 Å². The number of piperazine rings is 1. The van der Waals surface area contributed by atoms with Crippen LogP contribution in [-0.2, 0) is 11.3 Å². The van der Waals surface area contributed by atoms with Crippen LogP contribution in [0.1, 0.15) is 25.0 Å². The van der Waals surface area contributed by atoms with Gasteiger partial charge >= 0.3 is 0 Å². The number of amides is 1. The molecule has 2 heterocycles. The zero-order valence-electron chi connectivity index (χ0n) is 18.1. The van der Waals surface area contributed by atoms with E-state index in [1.54, 1.807) is 13.2 Å². The third kappa shape index (κ3) is 6.32. The molecule has 0 saturated carbocycles. The number of hydrogen-bond donors (Lipinski definition) is 1. The molecule has 6 heteroatoms. The van der Waals surface area contributed by atoms with Gasteiger partial charge < -0.3 is 19.3 Å². The Morgan fingerprint density at radius 2 is 1.90 bits per heavy atom. The molecular formula is C24H32N3O3+.